The van der Waals surface area contributed by atoms with Crippen LogP contribution in [0.15, 0.2) is 0 Å². The highest BCUT2D eigenvalue weighted by atomic mass is 16.1. The van der Waals surface area contributed by atoms with Crippen molar-refractivity contribution in [2.75, 3.05) is 0 Å². The number of hydrogen-bond donors (Lipinski definition) is 0. The van der Waals surface area contributed by atoms with Gasteiger partial charge in [-0.3, -0.25) is 4.79 Å². The van der Waals surface area contributed by atoms with Gasteiger partial charge in [-0.05, 0) is 30.6 Å². The number of hydrogen-bond acceptors (Lipinski definition) is 1. The van der Waals surface area contributed by atoms with Crippen molar-refractivity contribution in [1.82, 2.24) is 0 Å². The topological polar surface area (TPSA) is 17.1 Å². The Balaban J connectivity index is 2.23. The molecule has 1 nitrogen and oxygen atoms in total. The Labute approximate surface area is 68.2 Å². The van der Waals surface area contributed by atoms with Gasteiger partial charge in [0.05, 0.1) is 0 Å². The lowest BCUT2D eigenvalue weighted by atomic mass is 9.72. The fourth-order valence-corrected chi connectivity index (χ4v) is 2.80. The first-order chi connectivity index (χ1) is 5.11. The fraction of sp³-hybridized carbons (Fsp3) is 0.900. The van der Waals surface area contributed by atoms with Gasteiger partial charge in [-0.1, -0.05) is 13.8 Å². The highest BCUT2D eigenvalue weighted by Crippen LogP contribution is 2.51. The molecule has 0 aromatic rings. The molecule has 0 saturated heterocycles. The van der Waals surface area contributed by atoms with Gasteiger partial charge in [-0.2, -0.15) is 0 Å². The van der Waals surface area contributed by atoms with Crippen LogP contribution in [0.1, 0.15) is 39.5 Å². The van der Waals surface area contributed by atoms with Crippen molar-refractivity contribution in [3.63, 3.8) is 0 Å². The summed E-state index contributed by atoms with van der Waals surface area (Å²) in [5.41, 5.74) is 0.397. The molecule has 0 N–H and O–H groups in total. The molecular formula is C10H16O. The number of Topliss-reactive ketones (excluding diaryl/α,β-unsaturated/α-hetero) is 1. The summed E-state index contributed by atoms with van der Waals surface area (Å²) in [5.74, 6) is 1.60. The Morgan fingerprint density at radius 1 is 1.55 bits per heavy atom. The lowest BCUT2D eigenvalue weighted by molar-refractivity contribution is -0.127. The molecule has 0 amide bonds. The third-order valence-corrected chi connectivity index (χ3v) is 3.69. The predicted molar refractivity (Wildman–Crippen MR) is 44.2 cm³/mol. The fourth-order valence-electron chi connectivity index (χ4n) is 2.80. The number of rotatable bonds is 0. The molecule has 0 spiro atoms. The second kappa shape index (κ2) is 2.09. The van der Waals surface area contributed by atoms with Crippen LogP contribution in [0.3, 0.4) is 0 Å². The number of carbonyl (C=O) groups is 1. The van der Waals surface area contributed by atoms with E-state index in [0.717, 1.165) is 12.3 Å². The maximum absolute atomic E-state index is 11.5. The highest BCUT2D eigenvalue weighted by Gasteiger charge is 2.45. The van der Waals surface area contributed by atoms with E-state index in [9.17, 15) is 4.79 Å². The first-order valence-electron chi connectivity index (χ1n) is 4.63. The largest absolute Gasteiger partial charge is 0.299 e. The van der Waals surface area contributed by atoms with Crippen molar-refractivity contribution < 1.29 is 4.79 Å². The van der Waals surface area contributed by atoms with Crippen LogP contribution < -0.4 is 0 Å². The van der Waals surface area contributed by atoms with E-state index in [1.807, 2.05) is 0 Å². The van der Waals surface area contributed by atoms with E-state index in [4.69, 9.17) is 0 Å². The average Bonchev–Trinajstić information content (AvgIpc) is 2.25. The van der Waals surface area contributed by atoms with Gasteiger partial charge in [0.2, 0.25) is 0 Å². The maximum Gasteiger partial charge on any atom is 0.136 e. The summed E-state index contributed by atoms with van der Waals surface area (Å²) in [6.07, 6.45) is 4.74. The zero-order chi connectivity index (χ0) is 8.06. The summed E-state index contributed by atoms with van der Waals surface area (Å²) in [4.78, 5) is 11.5. The standard InChI is InChI=1S/C10H16O/c1-7-8-3-4-10(2,5-8)6-9(7)11/h7-8H,3-6H2,1-2H3/t7?,8-,10+/m1/s1. The maximum atomic E-state index is 11.5. The molecule has 2 bridgehead atoms. The summed E-state index contributed by atoms with van der Waals surface area (Å²) < 4.78 is 0. The van der Waals surface area contributed by atoms with E-state index in [1.54, 1.807) is 0 Å². The van der Waals surface area contributed by atoms with Crippen LogP contribution in [-0.4, -0.2) is 5.78 Å². The van der Waals surface area contributed by atoms with Crippen LogP contribution in [0.5, 0.6) is 0 Å². The van der Waals surface area contributed by atoms with Gasteiger partial charge in [-0.15, -0.1) is 0 Å². The molecule has 0 heterocycles. The summed E-state index contributed by atoms with van der Waals surface area (Å²) in [6, 6.07) is 0. The van der Waals surface area contributed by atoms with Crippen LogP contribution in [0.2, 0.25) is 0 Å². The lowest BCUT2D eigenvalue weighted by Gasteiger charge is -2.31. The molecule has 3 atom stereocenters. The van der Waals surface area contributed by atoms with Crippen LogP contribution in [0, 0.1) is 17.3 Å². The van der Waals surface area contributed by atoms with E-state index < -0.39 is 0 Å². The predicted octanol–water partition coefficient (Wildman–Crippen LogP) is 2.40. The van der Waals surface area contributed by atoms with Crippen molar-refractivity contribution in [3.8, 4) is 0 Å². The van der Waals surface area contributed by atoms with E-state index in [1.165, 1.54) is 19.3 Å². The van der Waals surface area contributed by atoms with Crippen molar-refractivity contribution >= 4 is 5.78 Å². The first kappa shape index (κ1) is 7.33. The molecule has 2 rings (SSSR count). The molecule has 1 heteroatoms. The Morgan fingerprint density at radius 3 is 3.00 bits per heavy atom. The molecule has 11 heavy (non-hydrogen) atoms. The molecular weight excluding hydrogens is 136 g/mol. The van der Waals surface area contributed by atoms with Gasteiger partial charge < -0.3 is 0 Å². The smallest absolute Gasteiger partial charge is 0.136 e. The second-order valence-electron chi connectivity index (χ2n) is 4.75. The van der Waals surface area contributed by atoms with Crippen LogP contribution in [-0.2, 0) is 4.79 Å². The lowest BCUT2D eigenvalue weighted by Crippen LogP contribution is -2.30. The second-order valence-corrected chi connectivity index (χ2v) is 4.75. The van der Waals surface area contributed by atoms with Gasteiger partial charge in [0, 0.05) is 12.3 Å². The van der Waals surface area contributed by atoms with E-state index >= 15 is 0 Å². The van der Waals surface area contributed by atoms with Gasteiger partial charge in [0.1, 0.15) is 5.78 Å². The summed E-state index contributed by atoms with van der Waals surface area (Å²) in [7, 11) is 0. The molecule has 1 unspecified atom stereocenters. The molecule has 0 aromatic carbocycles. The monoisotopic (exact) mass is 152 g/mol. The zero-order valence-corrected chi connectivity index (χ0v) is 7.39. The van der Waals surface area contributed by atoms with Crippen LogP contribution in [0.25, 0.3) is 0 Å². The third-order valence-electron chi connectivity index (χ3n) is 3.69. The summed E-state index contributed by atoms with van der Waals surface area (Å²) in [6.45, 7) is 4.38. The minimum absolute atomic E-state index is 0.366. The van der Waals surface area contributed by atoms with Crippen molar-refractivity contribution in [2.24, 2.45) is 17.3 Å². The first-order valence-corrected chi connectivity index (χ1v) is 4.63. The molecule has 2 fully saturated rings. The van der Waals surface area contributed by atoms with Gasteiger partial charge in [0.15, 0.2) is 0 Å². The van der Waals surface area contributed by atoms with E-state index in [0.29, 0.717) is 17.1 Å². The normalized spacial score (nSPS) is 49.8. The van der Waals surface area contributed by atoms with Crippen molar-refractivity contribution in [3.05, 3.63) is 0 Å². The average molecular weight is 152 g/mol. The van der Waals surface area contributed by atoms with Crippen molar-refractivity contribution in [1.29, 1.82) is 0 Å². The minimum atomic E-state index is 0.366. The van der Waals surface area contributed by atoms with Gasteiger partial charge in [0.25, 0.3) is 0 Å². The Morgan fingerprint density at radius 2 is 2.27 bits per heavy atom. The quantitative estimate of drug-likeness (QED) is 0.521. The molecule has 2 saturated carbocycles. The summed E-state index contributed by atoms with van der Waals surface area (Å²) in [5, 5.41) is 0. The molecule has 2 aliphatic carbocycles. The molecule has 0 aromatic heterocycles. The zero-order valence-electron chi connectivity index (χ0n) is 7.39. The number of carbonyl (C=O) groups excluding carboxylic acids is 1. The SMILES string of the molecule is CC1C(=O)C[C@@]2(C)CC[C@@H]1C2. The van der Waals surface area contributed by atoms with Gasteiger partial charge in [-0.25, -0.2) is 0 Å². The Kier molecular flexibility index (Phi) is 1.39. The number of fused-ring (bicyclic) bond motifs is 2. The van der Waals surface area contributed by atoms with Crippen molar-refractivity contribution in [2.45, 2.75) is 39.5 Å². The van der Waals surface area contributed by atoms with Gasteiger partial charge >= 0.3 is 0 Å². The Bertz CT molecular complexity index is 197. The third kappa shape index (κ3) is 1.02. The van der Waals surface area contributed by atoms with E-state index in [-0.39, 0.29) is 0 Å². The molecule has 2 aliphatic rings. The van der Waals surface area contributed by atoms with E-state index in [2.05, 4.69) is 13.8 Å². The van der Waals surface area contributed by atoms with Crippen LogP contribution in [0.4, 0.5) is 0 Å². The molecule has 0 aliphatic heterocycles. The molecule has 62 valence electrons. The summed E-state index contributed by atoms with van der Waals surface area (Å²) >= 11 is 0. The number of ketones is 1. The van der Waals surface area contributed by atoms with Crippen LogP contribution >= 0.6 is 0 Å². The highest BCUT2D eigenvalue weighted by molar-refractivity contribution is 5.82. The Hall–Kier alpha value is -0.330. The minimum Gasteiger partial charge on any atom is -0.299 e. The molecule has 0 radical (unpaired) electrons.